The first-order chi connectivity index (χ1) is 21.5. The van der Waals surface area contributed by atoms with Gasteiger partial charge in [0, 0.05) is 35.0 Å². The number of carboxylic acid groups (broad SMARTS) is 1. The number of halogens is 3. The molecule has 0 saturated carbocycles. The number of anilines is 2. The van der Waals surface area contributed by atoms with Gasteiger partial charge in [0.05, 0.1) is 36.5 Å². The van der Waals surface area contributed by atoms with Gasteiger partial charge in [-0.1, -0.05) is 12.1 Å². The zero-order valence-corrected chi connectivity index (χ0v) is 23.8. The van der Waals surface area contributed by atoms with E-state index in [4.69, 9.17) is 14.6 Å². The Morgan fingerprint density at radius 2 is 1.98 bits per heavy atom. The van der Waals surface area contributed by atoms with Gasteiger partial charge in [-0.25, -0.2) is 23.8 Å². The van der Waals surface area contributed by atoms with E-state index in [1.165, 1.54) is 28.5 Å². The molecule has 0 unspecified atom stereocenters. The molecule has 1 aliphatic heterocycles. The summed E-state index contributed by atoms with van der Waals surface area (Å²) in [6, 6.07) is 13.7. The summed E-state index contributed by atoms with van der Waals surface area (Å²) in [6.07, 6.45) is -1.16. The van der Waals surface area contributed by atoms with Crippen LogP contribution in [-0.2, 0) is 33.7 Å². The minimum Gasteiger partial charge on any atom is -0.554 e. The molecule has 0 spiro atoms. The van der Waals surface area contributed by atoms with Gasteiger partial charge in [0.2, 0.25) is 5.95 Å². The van der Waals surface area contributed by atoms with E-state index in [0.29, 0.717) is 22.3 Å². The van der Waals surface area contributed by atoms with Gasteiger partial charge in [0.25, 0.3) is 0 Å². The monoisotopic (exact) mass is 622 g/mol. The highest BCUT2D eigenvalue weighted by Crippen LogP contribution is 2.43. The number of pyridine rings is 1. The second kappa shape index (κ2) is 13.3. The number of esters is 1. The van der Waals surface area contributed by atoms with Crippen molar-refractivity contribution in [2.45, 2.75) is 32.3 Å². The first kappa shape index (κ1) is 32.2. The quantitative estimate of drug-likeness (QED) is 0.185. The number of nitrogens with one attached hydrogen (secondary N) is 1. The minimum atomic E-state index is -4.63. The van der Waals surface area contributed by atoms with Crippen LogP contribution in [0.15, 0.2) is 83.1 Å². The molecule has 2 N–H and O–H groups in total. The average molecular weight is 623 g/mol. The summed E-state index contributed by atoms with van der Waals surface area (Å²) < 4.78 is 48.8. The predicted molar refractivity (Wildman–Crippen MR) is 148 cm³/mol. The normalized spacial score (nSPS) is 14.2. The number of aromatic amines is 1. The van der Waals surface area contributed by atoms with E-state index in [1.54, 1.807) is 47.3 Å². The number of carbonyl (C=O) groups excluding carboxylic acids is 2. The molecule has 2 aromatic heterocycles. The van der Waals surface area contributed by atoms with Crippen LogP contribution in [0, 0.1) is 11.3 Å². The Balaban J connectivity index is 0.00000148. The van der Waals surface area contributed by atoms with E-state index in [9.17, 15) is 33.1 Å². The SMILES string of the molecule is COC(=O)C1=C(C)N(c2cccc(C(F)(F)F)c2)c2n[nH]c(=O)n2[C@@H]1c1ccc(C#N)cc1C[n+]1cccc(CO)c1.O=C[O-]. The molecule has 0 saturated heterocycles. The molecule has 45 heavy (non-hydrogen) atoms. The third-order valence-electron chi connectivity index (χ3n) is 7.00. The summed E-state index contributed by atoms with van der Waals surface area (Å²) in [6.45, 7) is 1.04. The van der Waals surface area contributed by atoms with Gasteiger partial charge in [-0.15, -0.1) is 5.10 Å². The molecule has 2 aromatic carbocycles. The lowest BCUT2D eigenvalue weighted by Crippen LogP contribution is -2.39. The topological polar surface area (TPSA) is 168 Å². The van der Waals surface area contributed by atoms with E-state index < -0.39 is 35.9 Å². The Bertz CT molecular complexity index is 1870. The number of carbonyl (C=O) groups is 2. The number of methoxy groups -OCH3 is 1. The molecule has 15 heteroatoms. The number of hydrogen-bond acceptors (Lipinski definition) is 9. The van der Waals surface area contributed by atoms with Crippen LogP contribution in [0.25, 0.3) is 0 Å². The number of alkyl halides is 3. The number of hydrogen-bond donors (Lipinski definition) is 2. The summed E-state index contributed by atoms with van der Waals surface area (Å²) in [5.74, 6) is -0.849. The molecule has 0 radical (unpaired) electrons. The first-order valence-corrected chi connectivity index (χ1v) is 13.1. The van der Waals surface area contributed by atoms with Crippen molar-refractivity contribution in [1.29, 1.82) is 5.26 Å². The molecule has 12 nitrogen and oxygen atoms in total. The highest BCUT2D eigenvalue weighted by atomic mass is 19.4. The molecular weight excluding hydrogens is 597 g/mol. The van der Waals surface area contributed by atoms with Crippen LogP contribution < -0.4 is 20.3 Å². The van der Waals surface area contributed by atoms with Crippen LogP contribution >= 0.6 is 0 Å². The number of nitrogens with zero attached hydrogens (tertiary/aromatic N) is 5. The molecule has 0 fully saturated rings. The summed E-state index contributed by atoms with van der Waals surface area (Å²) in [5, 5.41) is 33.9. The molecule has 4 aromatic rings. The molecule has 1 aliphatic rings. The molecule has 0 bridgehead atoms. The summed E-state index contributed by atoms with van der Waals surface area (Å²) in [7, 11) is 1.16. The highest BCUT2D eigenvalue weighted by molar-refractivity contribution is 5.93. The first-order valence-electron chi connectivity index (χ1n) is 13.1. The maximum Gasteiger partial charge on any atom is 0.416 e. The van der Waals surface area contributed by atoms with Crippen LogP contribution in [-0.4, -0.2) is 39.4 Å². The molecular formula is C30H25F3N6O6. The van der Waals surface area contributed by atoms with Gasteiger partial charge in [0.1, 0.15) is 6.04 Å². The number of H-pyrrole nitrogens is 1. The standard InChI is InChI=1S/C29H23F3N6O4.CH2O2/c1-17-24(26(40)42-2)25(23-9-8-18(13-33)11-20(23)15-36-10-4-5-19(14-36)16-39)38-27(34-35-28(38)41)37(17)22-7-3-6-21(12-22)29(30,31)32;2-1-3/h3-12,14,25,39H,15-16H2,1-2H3;1H,(H,2,3)/t25-;/m1./s1. The van der Waals surface area contributed by atoms with Crippen molar-refractivity contribution in [3.8, 4) is 6.07 Å². The lowest BCUT2D eigenvalue weighted by atomic mass is 9.90. The Morgan fingerprint density at radius 1 is 1.24 bits per heavy atom. The fourth-order valence-corrected chi connectivity index (χ4v) is 5.12. The minimum absolute atomic E-state index is 0.00835. The largest absolute Gasteiger partial charge is 0.554 e. The Hall–Kier alpha value is -5.75. The molecule has 3 heterocycles. The molecule has 0 aliphatic carbocycles. The van der Waals surface area contributed by atoms with Crippen LogP contribution in [0.1, 0.15) is 40.8 Å². The van der Waals surface area contributed by atoms with Crippen LogP contribution in [0.2, 0.25) is 0 Å². The van der Waals surface area contributed by atoms with E-state index in [1.807, 2.05) is 0 Å². The predicted octanol–water partition coefficient (Wildman–Crippen LogP) is 1.84. The fraction of sp³-hybridized carbons (Fsp3) is 0.200. The third kappa shape index (κ3) is 6.45. The Labute approximate surface area is 253 Å². The van der Waals surface area contributed by atoms with Crippen molar-refractivity contribution in [1.82, 2.24) is 14.8 Å². The van der Waals surface area contributed by atoms with Crippen molar-refractivity contribution in [3.05, 3.63) is 117 Å². The second-order valence-corrected chi connectivity index (χ2v) is 9.64. The summed E-state index contributed by atoms with van der Waals surface area (Å²) >= 11 is 0. The third-order valence-corrected chi connectivity index (χ3v) is 7.00. The van der Waals surface area contributed by atoms with Crippen LogP contribution in [0.3, 0.4) is 0 Å². The maximum atomic E-state index is 13.6. The van der Waals surface area contributed by atoms with Crippen LogP contribution in [0.5, 0.6) is 0 Å². The molecule has 5 rings (SSSR count). The lowest BCUT2D eigenvalue weighted by Gasteiger charge is -2.36. The van der Waals surface area contributed by atoms with Gasteiger partial charge >= 0.3 is 17.8 Å². The van der Waals surface area contributed by atoms with Gasteiger partial charge in [-0.2, -0.15) is 18.4 Å². The number of allylic oxidation sites excluding steroid dienone is 1. The van der Waals surface area contributed by atoms with Gasteiger partial charge < -0.3 is 19.7 Å². The molecule has 232 valence electrons. The number of rotatable bonds is 6. The van der Waals surface area contributed by atoms with Crippen molar-refractivity contribution in [3.63, 3.8) is 0 Å². The van der Waals surface area contributed by atoms with Crippen molar-refractivity contribution in [2.75, 3.05) is 12.0 Å². The molecule has 0 amide bonds. The Morgan fingerprint density at radius 3 is 2.62 bits per heavy atom. The number of benzene rings is 2. The average Bonchev–Trinajstić information content (AvgIpc) is 3.40. The zero-order valence-electron chi connectivity index (χ0n) is 23.8. The number of nitriles is 1. The smallest absolute Gasteiger partial charge is 0.416 e. The zero-order chi connectivity index (χ0) is 32.9. The van der Waals surface area contributed by atoms with E-state index in [-0.39, 0.29) is 36.1 Å². The van der Waals surface area contributed by atoms with E-state index in [0.717, 1.165) is 19.2 Å². The van der Waals surface area contributed by atoms with Gasteiger partial charge in [-0.3, -0.25) is 4.90 Å². The summed E-state index contributed by atoms with van der Waals surface area (Å²) in [5.41, 5.74) is 0.580. The number of aromatic nitrogens is 4. The van der Waals surface area contributed by atoms with E-state index in [2.05, 4.69) is 16.3 Å². The lowest BCUT2D eigenvalue weighted by molar-refractivity contribution is -0.688. The van der Waals surface area contributed by atoms with Crippen molar-refractivity contribution < 1.29 is 42.3 Å². The van der Waals surface area contributed by atoms with E-state index >= 15 is 0 Å². The highest BCUT2D eigenvalue weighted by Gasteiger charge is 2.41. The second-order valence-electron chi connectivity index (χ2n) is 9.64. The number of fused-ring (bicyclic) bond motifs is 1. The van der Waals surface area contributed by atoms with Crippen molar-refractivity contribution >= 4 is 24.1 Å². The summed E-state index contributed by atoms with van der Waals surface area (Å²) in [4.78, 5) is 36.2. The van der Waals surface area contributed by atoms with Gasteiger partial charge in [-0.05, 0) is 48.9 Å². The number of aliphatic hydroxyl groups excluding tert-OH is 1. The number of ether oxygens (including phenoxy) is 1. The van der Waals surface area contributed by atoms with Crippen molar-refractivity contribution in [2.24, 2.45) is 0 Å². The van der Waals surface area contributed by atoms with Gasteiger partial charge in [0.15, 0.2) is 18.9 Å². The number of aliphatic hydroxyl groups is 1. The Kier molecular flexibility index (Phi) is 9.48. The maximum absolute atomic E-state index is 13.6. The van der Waals surface area contributed by atoms with Crippen LogP contribution in [0.4, 0.5) is 24.8 Å². The fourth-order valence-electron chi connectivity index (χ4n) is 5.12. The molecule has 1 atom stereocenters.